The van der Waals surface area contributed by atoms with Gasteiger partial charge in [-0.2, -0.15) is 0 Å². The maximum Gasteiger partial charge on any atom is 0.171 e. The molecule has 23 heavy (non-hydrogen) atoms. The molecule has 0 heterocycles. The number of halogens is 1. The third kappa shape index (κ3) is 4.94. The number of hydrogen-bond donors (Lipinski definition) is 2. The van der Waals surface area contributed by atoms with Crippen LogP contribution in [0.5, 0.6) is 5.75 Å². The number of benzene rings is 2. The first-order valence-electron chi connectivity index (χ1n) is 7.51. The summed E-state index contributed by atoms with van der Waals surface area (Å²) < 4.78 is 6.29. The van der Waals surface area contributed by atoms with Crippen LogP contribution >= 0.6 is 28.1 Å². The topological polar surface area (TPSA) is 33.3 Å². The zero-order chi connectivity index (χ0) is 16.8. The van der Waals surface area contributed by atoms with Crippen LogP contribution in [0.1, 0.15) is 30.5 Å². The predicted octanol–water partition coefficient (Wildman–Crippen LogP) is 5.20. The van der Waals surface area contributed by atoms with Gasteiger partial charge in [0.1, 0.15) is 5.75 Å². The zero-order valence-electron chi connectivity index (χ0n) is 13.5. The van der Waals surface area contributed by atoms with Crippen molar-refractivity contribution in [1.29, 1.82) is 0 Å². The van der Waals surface area contributed by atoms with Crippen LogP contribution < -0.4 is 15.4 Å². The molecular formula is C18H21BrN2OS. The molecule has 0 aliphatic carbocycles. The lowest BCUT2D eigenvalue weighted by Crippen LogP contribution is -2.32. The highest BCUT2D eigenvalue weighted by Crippen LogP contribution is 2.22. The molecule has 0 aromatic heterocycles. The Hall–Kier alpha value is -1.59. The molecule has 122 valence electrons. The fraction of sp³-hybridized carbons (Fsp3) is 0.278. The summed E-state index contributed by atoms with van der Waals surface area (Å²) in [7, 11) is 1.67. The highest BCUT2D eigenvalue weighted by Gasteiger charge is 2.11. The van der Waals surface area contributed by atoms with Gasteiger partial charge in [-0.15, -0.1) is 0 Å². The molecule has 0 spiro atoms. The molecular weight excluding hydrogens is 372 g/mol. The SMILES string of the molecule is CCC(NC(=S)Nc1ccc(Br)c(C)c1)c1ccc(OC)cc1. The summed E-state index contributed by atoms with van der Waals surface area (Å²) in [5.74, 6) is 0.856. The Bertz CT molecular complexity index is 673. The van der Waals surface area contributed by atoms with E-state index in [4.69, 9.17) is 17.0 Å². The summed E-state index contributed by atoms with van der Waals surface area (Å²) in [6, 6.07) is 14.3. The largest absolute Gasteiger partial charge is 0.497 e. The number of hydrogen-bond acceptors (Lipinski definition) is 2. The lowest BCUT2D eigenvalue weighted by Gasteiger charge is -2.20. The summed E-state index contributed by atoms with van der Waals surface area (Å²) in [6.07, 6.45) is 0.938. The van der Waals surface area contributed by atoms with Gasteiger partial charge in [-0.3, -0.25) is 0 Å². The summed E-state index contributed by atoms with van der Waals surface area (Å²) >= 11 is 8.95. The second-order valence-electron chi connectivity index (χ2n) is 5.30. The average molecular weight is 393 g/mol. The molecule has 0 amide bonds. The van der Waals surface area contributed by atoms with Gasteiger partial charge in [0.05, 0.1) is 13.2 Å². The second kappa shape index (κ2) is 8.31. The molecule has 3 nitrogen and oxygen atoms in total. The van der Waals surface area contributed by atoms with E-state index >= 15 is 0 Å². The zero-order valence-corrected chi connectivity index (χ0v) is 15.9. The molecule has 0 saturated carbocycles. The molecule has 0 aliphatic heterocycles. The van der Waals surface area contributed by atoms with Crippen molar-refractivity contribution in [1.82, 2.24) is 5.32 Å². The van der Waals surface area contributed by atoms with Crippen molar-refractivity contribution in [2.75, 3.05) is 12.4 Å². The average Bonchev–Trinajstić information content (AvgIpc) is 2.56. The first-order chi connectivity index (χ1) is 11.0. The van der Waals surface area contributed by atoms with E-state index in [9.17, 15) is 0 Å². The fourth-order valence-electron chi connectivity index (χ4n) is 2.31. The Morgan fingerprint density at radius 3 is 2.48 bits per heavy atom. The molecule has 5 heteroatoms. The highest BCUT2D eigenvalue weighted by atomic mass is 79.9. The molecule has 0 saturated heterocycles. The smallest absolute Gasteiger partial charge is 0.171 e. The van der Waals surface area contributed by atoms with E-state index in [-0.39, 0.29) is 6.04 Å². The van der Waals surface area contributed by atoms with Crippen LogP contribution in [0.2, 0.25) is 0 Å². The van der Waals surface area contributed by atoms with Crippen LogP contribution in [0.4, 0.5) is 5.69 Å². The van der Waals surface area contributed by atoms with Gasteiger partial charge in [0.2, 0.25) is 0 Å². The van der Waals surface area contributed by atoms with E-state index < -0.39 is 0 Å². The quantitative estimate of drug-likeness (QED) is 0.684. The van der Waals surface area contributed by atoms with E-state index in [2.05, 4.69) is 58.6 Å². The van der Waals surface area contributed by atoms with Crippen LogP contribution in [0.15, 0.2) is 46.9 Å². The number of anilines is 1. The predicted molar refractivity (Wildman–Crippen MR) is 104 cm³/mol. The van der Waals surface area contributed by atoms with E-state index in [1.165, 1.54) is 11.1 Å². The lowest BCUT2D eigenvalue weighted by atomic mass is 10.0. The third-order valence-electron chi connectivity index (χ3n) is 3.65. The minimum absolute atomic E-state index is 0.164. The first kappa shape index (κ1) is 17.8. The Morgan fingerprint density at radius 2 is 1.91 bits per heavy atom. The van der Waals surface area contributed by atoms with Crippen molar-refractivity contribution in [2.24, 2.45) is 0 Å². The molecule has 0 aliphatic rings. The summed E-state index contributed by atoms with van der Waals surface area (Å²) in [5, 5.41) is 7.23. The highest BCUT2D eigenvalue weighted by molar-refractivity contribution is 9.10. The van der Waals surface area contributed by atoms with Crippen molar-refractivity contribution in [3.63, 3.8) is 0 Å². The molecule has 2 rings (SSSR count). The molecule has 1 unspecified atom stereocenters. The van der Waals surface area contributed by atoms with E-state index in [1.54, 1.807) is 7.11 Å². The van der Waals surface area contributed by atoms with Gasteiger partial charge in [0, 0.05) is 10.2 Å². The van der Waals surface area contributed by atoms with Gasteiger partial charge >= 0.3 is 0 Å². The third-order valence-corrected chi connectivity index (χ3v) is 4.76. The van der Waals surface area contributed by atoms with Crippen LogP contribution in [0.3, 0.4) is 0 Å². The Balaban J connectivity index is 2.02. The Kier molecular flexibility index (Phi) is 6.42. The maximum atomic E-state index is 5.44. The monoisotopic (exact) mass is 392 g/mol. The minimum atomic E-state index is 0.164. The van der Waals surface area contributed by atoms with Gasteiger partial charge in [-0.05, 0) is 67.0 Å². The van der Waals surface area contributed by atoms with Crippen molar-refractivity contribution < 1.29 is 4.74 Å². The van der Waals surface area contributed by atoms with Crippen molar-refractivity contribution in [2.45, 2.75) is 26.3 Å². The molecule has 2 aromatic carbocycles. The molecule has 0 bridgehead atoms. The summed E-state index contributed by atoms with van der Waals surface area (Å²) in [6.45, 7) is 4.19. The van der Waals surface area contributed by atoms with Gasteiger partial charge in [0.15, 0.2) is 5.11 Å². The summed E-state index contributed by atoms with van der Waals surface area (Å²) in [4.78, 5) is 0. The van der Waals surface area contributed by atoms with Crippen LogP contribution in [-0.4, -0.2) is 12.2 Å². The molecule has 0 fully saturated rings. The molecule has 2 N–H and O–H groups in total. The Labute approximate surface area is 151 Å². The van der Waals surface area contributed by atoms with E-state index in [1.807, 2.05) is 24.3 Å². The Morgan fingerprint density at radius 1 is 1.22 bits per heavy atom. The lowest BCUT2D eigenvalue weighted by molar-refractivity contribution is 0.414. The number of aryl methyl sites for hydroxylation is 1. The fourth-order valence-corrected chi connectivity index (χ4v) is 2.81. The van der Waals surface area contributed by atoms with E-state index in [0.29, 0.717) is 5.11 Å². The van der Waals surface area contributed by atoms with Crippen molar-refractivity contribution in [3.8, 4) is 5.75 Å². The van der Waals surface area contributed by atoms with E-state index in [0.717, 1.165) is 22.3 Å². The number of methoxy groups -OCH3 is 1. The van der Waals surface area contributed by atoms with Gasteiger partial charge in [-0.1, -0.05) is 35.0 Å². The molecule has 0 radical (unpaired) electrons. The van der Waals surface area contributed by atoms with Crippen molar-refractivity contribution in [3.05, 3.63) is 58.1 Å². The number of ether oxygens (including phenoxy) is 1. The second-order valence-corrected chi connectivity index (χ2v) is 6.56. The van der Waals surface area contributed by atoms with Crippen LogP contribution in [0, 0.1) is 6.92 Å². The van der Waals surface area contributed by atoms with Crippen molar-refractivity contribution >= 4 is 38.9 Å². The first-order valence-corrected chi connectivity index (χ1v) is 8.71. The maximum absolute atomic E-state index is 5.44. The number of rotatable bonds is 5. The molecule has 1 atom stereocenters. The van der Waals surface area contributed by atoms with Crippen LogP contribution in [-0.2, 0) is 0 Å². The van der Waals surface area contributed by atoms with Gasteiger partial charge in [0.25, 0.3) is 0 Å². The van der Waals surface area contributed by atoms with Crippen LogP contribution in [0.25, 0.3) is 0 Å². The standard InChI is InChI=1S/C18H21BrN2OS/c1-4-17(13-5-8-15(22-3)9-6-13)21-18(23)20-14-7-10-16(19)12(2)11-14/h5-11,17H,4H2,1-3H3,(H2,20,21,23). The van der Waals surface area contributed by atoms with Gasteiger partial charge in [-0.25, -0.2) is 0 Å². The normalized spacial score (nSPS) is 11.7. The minimum Gasteiger partial charge on any atom is -0.497 e. The number of thiocarbonyl (C=S) groups is 1. The summed E-state index contributed by atoms with van der Waals surface area (Å²) in [5.41, 5.74) is 3.33. The number of nitrogens with one attached hydrogen (secondary N) is 2. The van der Waals surface area contributed by atoms with Gasteiger partial charge < -0.3 is 15.4 Å². The molecule has 2 aromatic rings.